The summed E-state index contributed by atoms with van der Waals surface area (Å²) in [4.78, 5) is 26.5. The second kappa shape index (κ2) is 8.27. The van der Waals surface area contributed by atoms with Crippen LogP contribution in [0, 0.1) is 0 Å². The van der Waals surface area contributed by atoms with E-state index in [-0.39, 0.29) is 36.5 Å². The van der Waals surface area contributed by atoms with Gasteiger partial charge < -0.3 is 4.74 Å². The first-order valence-electron chi connectivity index (χ1n) is 7.63. The summed E-state index contributed by atoms with van der Waals surface area (Å²) in [6.07, 6.45) is 1.35. The molecule has 0 atom stereocenters. The minimum absolute atomic E-state index is 0.109. The number of nitrogens with one attached hydrogen (secondary N) is 1. The third-order valence-corrected chi connectivity index (χ3v) is 5.46. The molecule has 144 valence electrons. The molecule has 0 bridgehead atoms. The van der Waals surface area contributed by atoms with Crippen LogP contribution in [0.3, 0.4) is 0 Å². The van der Waals surface area contributed by atoms with Crippen LogP contribution in [0.25, 0.3) is 6.08 Å². The first-order chi connectivity index (χ1) is 13.2. The number of thiocarbonyl (C=S) groups is 1. The van der Waals surface area contributed by atoms with E-state index < -0.39 is 11.8 Å². The molecule has 28 heavy (non-hydrogen) atoms. The highest BCUT2D eigenvalue weighted by molar-refractivity contribution is 7.80. The van der Waals surface area contributed by atoms with Crippen LogP contribution in [-0.2, 0) is 9.59 Å². The van der Waals surface area contributed by atoms with E-state index in [2.05, 4.69) is 5.32 Å². The lowest BCUT2D eigenvalue weighted by Crippen LogP contribution is -2.54. The number of hydrogen-bond acceptors (Lipinski definition) is 4. The number of amides is 2. The Bertz CT molecular complexity index is 1030. The molecule has 1 heterocycles. The van der Waals surface area contributed by atoms with E-state index in [1.165, 1.54) is 25.3 Å². The molecule has 1 aliphatic rings. The van der Waals surface area contributed by atoms with E-state index in [9.17, 15) is 9.59 Å². The fourth-order valence-electron chi connectivity index (χ4n) is 2.57. The maximum absolute atomic E-state index is 13.0. The molecule has 2 amide bonds. The summed E-state index contributed by atoms with van der Waals surface area (Å²) in [5, 5.41) is 3.19. The van der Waals surface area contributed by atoms with Crippen LogP contribution in [-0.4, -0.2) is 24.0 Å². The van der Waals surface area contributed by atoms with Gasteiger partial charge in [0.1, 0.15) is 5.57 Å². The van der Waals surface area contributed by atoms with E-state index in [1.807, 2.05) is 0 Å². The topological polar surface area (TPSA) is 58.6 Å². The van der Waals surface area contributed by atoms with Crippen molar-refractivity contribution in [3.63, 3.8) is 0 Å². The summed E-state index contributed by atoms with van der Waals surface area (Å²) in [6, 6.07) is 7.78. The predicted molar refractivity (Wildman–Crippen MR) is 116 cm³/mol. The summed E-state index contributed by atoms with van der Waals surface area (Å²) < 4.78 is 5.09. The van der Waals surface area contributed by atoms with Crippen LogP contribution in [0.5, 0.6) is 5.75 Å². The molecule has 1 N–H and O–H groups in total. The molecule has 0 unspecified atom stereocenters. The standard InChI is InChI=1S/C18H10Cl4N2O3S/c1-27-15-11(20)6-8(7-12(15)21)5-9-16(25)23-18(28)24(17(9)26)13-4-2-3-10(19)14(13)22/h2-7H,1H3,(H,23,25,28)/b9-5+. The van der Waals surface area contributed by atoms with Gasteiger partial charge in [0.05, 0.1) is 32.9 Å². The van der Waals surface area contributed by atoms with Crippen molar-refractivity contribution in [2.45, 2.75) is 0 Å². The molecule has 10 heteroatoms. The van der Waals surface area contributed by atoms with E-state index in [1.54, 1.807) is 18.2 Å². The van der Waals surface area contributed by atoms with Gasteiger partial charge in [0, 0.05) is 0 Å². The van der Waals surface area contributed by atoms with Gasteiger partial charge in [0.15, 0.2) is 10.9 Å². The van der Waals surface area contributed by atoms with Crippen LogP contribution < -0.4 is 15.0 Å². The molecule has 0 saturated carbocycles. The van der Waals surface area contributed by atoms with Gasteiger partial charge in [-0.1, -0.05) is 52.5 Å². The van der Waals surface area contributed by atoms with Crippen molar-refractivity contribution in [2.24, 2.45) is 0 Å². The minimum Gasteiger partial charge on any atom is -0.494 e. The molecule has 0 radical (unpaired) electrons. The van der Waals surface area contributed by atoms with Crippen molar-refractivity contribution in [3.05, 3.63) is 61.6 Å². The van der Waals surface area contributed by atoms with Gasteiger partial charge in [0.2, 0.25) is 0 Å². The van der Waals surface area contributed by atoms with Crippen molar-refractivity contribution < 1.29 is 14.3 Å². The Morgan fingerprint density at radius 3 is 2.32 bits per heavy atom. The fourth-order valence-corrected chi connectivity index (χ4v) is 3.88. The van der Waals surface area contributed by atoms with E-state index in [4.69, 9.17) is 63.4 Å². The van der Waals surface area contributed by atoms with Crippen molar-refractivity contribution >= 4 is 87.3 Å². The number of ether oxygens (including phenoxy) is 1. The maximum atomic E-state index is 13.0. The first kappa shape index (κ1) is 20.9. The lowest BCUT2D eigenvalue weighted by molar-refractivity contribution is -0.122. The zero-order chi connectivity index (χ0) is 20.6. The second-order valence-electron chi connectivity index (χ2n) is 5.55. The third kappa shape index (κ3) is 3.83. The molecule has 1 fully saturated rings. The smallest absolute Gasteiger partial charge is 0.270 e. The van der Waals surface area contributed by atoms with Crippen LogP contribution >= 0.6 is 58.6 Å². The van der Waals surface area contributed by atoms with Gasteiger partial charge in [0.25, 0.3) is 11.8 Å². The van der Waals surface area contributed by atoms with Gasteiger partial charge in [-0.2, -0.15) is 0 Å². The molecule has 0 aliphatic carbocycles. The summed E-state index contributed by atoms with van der Waals surface area (Å²) in [5.74, 6) is -1.04. The Kier molecular flexibility index (Phi) is 6.17. The normalized spacial score (nSPS) is 15.8. The molecule has 2 aromatic rings. The van der Waals surface area contributed by atoms with Crippen LogP contribution in [0.4, 0.5) is 5.69 Å². The molecular weight excluding hydrogens is 466 g/mol. The molecule has 5 nitrogen and oxygen atoms in total. The lowest BCUT2D eigenvalue weighted by Gasteiger charge is -2.29. The minimum atomic E-state index is -0.666. The predicted octanol–water partition coefficient (Wildman–Crippen LogP) is 5.14. The van der Waals surface area contributed by atoms with Gasteiger partial charge in [-0.25, -0.2) is 0 Å². The number of hydrogen-bond donors (Lipinski definition) is 1. The Hall–Kier alpha value is -1.83. The maximum Gasteiger partial charge on any atom is 0.270 e. The van der Waals surface area contributed by atoms with Gasteiger partial charge in [-0.15, -0.1) is 0 Å². The lowest BCUT2D eigenvalue weighted by atomic mass is 10.1. The van der Waals surface area contributed by atoms with Crippen molar-refractivity contribution in [1.29, 1.82) is 0 Å². The summed E-state index contributed by atoms with van der Waals surface area (Å²) >= 11 is 29.6. The molecule has 1 saturated heterocycles. The third-order valence-electron chi connectivity index (χ3n) is 3.81. The number of carbonyl (C=O) groups excluding carboxylic acids is 2. The monoisotopic (exact) mass is 474 g/mol. The number of methoxy groups -OCH3 is 1. The highest BCUT2D eigenvalue weighted by Crippen LogP contribution is 2.36. The largest absolute Gasteiger partial charge is 0.494 e. The van der Waals surface area contributed by atoms with Crippen molar-refractivity contribution in [1.82, 2.24) is 5.32 Å². The number of benzene rings is 2. The summed E-state index contributed by atoms with van der Waals surface area (Å²) in [7, 11) is 1.43. The number of anilines is 1. The number of carbonyl (C=O) groups is 2. The fraction of sp³-hybridized carbons (Fsp3) is 0.0556. The molecule has 3 rings (SSSR count). The Morgan fingerprint density at radius 1 is 1.07 bits per heavy atom. The highest BCUT2D eigenvalue weighted by atomic mass is 35.5. The highest BCUT2D eigenvalue weighted by Gasteiger charge is 2.35. The first-order valence-corrected chi connectivity index (χ1v) is 9.55. The van der Waals surface area contributed by atoms with E-state index in [0.29, 0.717) is 11.3 Å². The van der Waals surface area contributed by atoms with E-state index in [0.717, 1.165) is 4.90 Å². The molecule has 1 aliphatic heterocycles. The zero-order valence-electron chi connectivity index (χ0n) is 14.1. The number of rotatable bonds is 3. The number of nitrogens with zero attached hydrogens (tertiary/aromatic N) is 1. The Labute approximate surface area is 185 Å². The average molecular weight is 476 g/mol. The average Bonchev–Trinajstić information content (AvgIpc) is 2.62. The summed E-state index contributed by atoms with van der Waals surface area (Å²) in [5.41, 5.74) is 0.502. The summed E-state index contributed by atoms with van der Waals surface area (Å²) in [6.45, 7) is 0. The molecular formula is C18H10Cl4N2O3S. The quantitative estimate of drug-likeness (QED) is 0.379. The molecule has 0 aromatic heterocycles. The van der Waals surface area contributed by atoms with Gasteiger partial charge in [-0.3, -0.25) is 19.8 Å². The Morgan fingerprint density at radius 2 is 1.71 bits per heavy atom. The van der Waals surface area contributed by atoms with E-state index >= 15 is 0 Å². The van der Waals surface area contributed by atoms with Crippen LogP contribution in [0.15, 0.2) is 35.9 Å². The van der Waals surface area contributed by atoms with Crippen molar-refractivity contribution in [3.8, 4) is 5.75 Å². The van der Waals surface area contributed by atoms with Crippen molar-refractivity contribution in [2.75, 3.05) is 12.0 Å². The van der Waals surface area contributed by atoms with Crippen LogP contribution in [0.2, 0.25) is 20.1 Å². The molecule has 0 spiro atoms. The van der Waals surface area contributed by atoms with Gasteiger partial charge in [-0.05, 0) is 48.1 Å². The second-order valence-corrected chi connectivity index (χ2v) is 7.53. The van der Waals surface area contributed by atoms with Crippen LogP contribution in [0.1, 0.15) is 5.56 Å². The zero-order valence-corrected chi connectivity index (χ0v) is 17.9. The molecule has 2 aromatic carbocycles. The Balaban J connectivity index is 2.08. The van der Waals surface area contributed by atoms with Gasteiger partial charge >= 0.3 is 0 Å². The number of halogens is 4. The SMILES string of the molecule is COc1c(Cl)cc(/C=C2\C(=O)NC(=S)N(c3cccc(Cl)c3Cl)C2=O)cc1Cl.